The number of hydrogen-bond acceptors (Lipinski definition) is 5. The van der Waals surface area contributed by atoms with Crippen LogP contribution in [0.5, 0.6) is 5.75 Å². The number of methoxy groups -OCH3 is 1. The Balaban J connectivity index is 2.07. The first-order chi connectivity index (χ1) is 13.5. The van der Waals surface area contributed by atoms with Gasteiger partial charge in [-0.15, -0.1) is 0 Å². The van der Waals surface area contributed by atoms with Crippen LogP contribution in [-0.4, -0.2) is 16.2 Å². The number of hydrogen-bond donors (Lipinski definition) is 1. The van der Waals surface area contributed by atoms with Crippen molar-refractivity contribution in [2.24, 2.45) is 14.1 Å². The minimum atomic E-state index is -0.449. The standard InChI is InChI=1S/C21H19N3O4/c1-23-19(25)17-16(13-8-7-11-15(12-13)27-3)18(22-14-9-5-4-6-10-14)28-20(17)24(2)21(23)26/h4-12,22H,1-3H3. The summed E-state index contributed by atoms with van der Waals surface area (Å²) < 4.78 is 13.7. The maximum absolute atomic E-state index is 12.9. The lowest BCUT2D eigenvalue weighted by molar-refractivity contribution is 0.415. The highest BCUT2D eigenvalue weighted by Gasteiger charge is 2.23. The molecule has 0 aliphatic heterocycles. The quantitative estimate of drug-likeness (QED) is 0.591. The van der Waals surface area contributed by atoms with Crippen LogP contribution in [0, 0.1) is 0 Å². The average Bonchev–Trinajstić information content (AvgIpc) is 3.10. The first-order valence-corrected chi connectivity index (χ1v) is 8.70. The fraction of sp³-hybridized carbons (Fsp3) is 0.143. The molecule has 0 radical (unpaired) electrons. The van der Waals surface area contributed by atoms with Gasteiger partial charge in [-0.3, -0.25) is 13.9 Å². The molecule has 7 heteroatoms. The number of anilines is 2. The summed E-state index contributed by atoms with van der Waals surface area (Å²) in [6.45, 7) is 0. The summed E-state index contributed by atoms with van der Waals surface area (Å²) in [6, 6.07) is 16.8. The van der Waals surface area contributed by atoms with Crippen molar-refractivity contribution in [3.8, 4) is 16.9 Å². The molecule has 4 rings (SSSR count). The van der Waals surface area contributed by atoms with Gasteiger partial charge in [0.05, 0.1) is 12.7 Å². The number of aryl methyl sites for hydroxylation is 1. The highest BCUT2D eigenvalue weighted by Crippen LogP contribution is 2.38. The second-order valence-corrected chi connectivity index (χ2v) is 6.42. The molecule has 28 heavy (non-hydrogen) atoms. The van der Waals surface area contributed by atoms with E-state index in [0.717, 1.165) is 15.8 Å². The molecule has 0 bridgehead atoms. The van der Waals surface area contributed by atoms with E-state index in [-0.39, 0.29) is 5.71 Å². The number of fused-ring (bicyclic) bond motifs is 1. The number of ether oxygens (including phenoxy) is 1. The van der Waals surface area contributed by atoms with E-state index in [9.17, 15) is 9.59 Å². The smallest absolute Gasteiger partial charge is 0.333 e. The number of nitrogens with zero attached hydrogens (tertiary/aromatic N) is 2. The van der Waals surface area contributed by atoms with E-state index in [0.29, 0.717) is 22.6 Å². The second kappa shape index (κ2) is 6.77. The van der Waals surface area contributed by atoms with Crippen molar-refractivity contribution in [2.45, 2.75) is 0 Å². The van der Waals surface area contributed by atoms with E-state index in [1.165, 1.54) is 11.6 Å². The Kier molecular flexibility index (Phi) is 4.27. The lowest BCUT2D eigenvalue weighted by Crippen LogP contribution is -2.36. The van der Waals surface area contributed by atoms with Gasteiger partial charge in [0.25, 0.3) is 5.56 Å². The number of aromatic nitrogens is 2. The molecule has 0 saturated heterocycles. The molecule has 0 saturated carbocycles. The van der Waals surface area contributed by atoms with Gasteiger partial charge >= 0.3 is 5.69 Å². The van der Waals surface area contributed by atoms with Crippen LogP contribution in [0.25, 0.3) is 22.2 Å². The van der Waals surface area contributed by atoms with Crippen LogP contribution in [0.1, 0.15) is 0 Å². The molecule has 2 heterocycles. The third kappa shape index (κ3) is 2.77. The van der Waals surface area contributed by atoms with E-state index in [1.54, 1.807) is 14.2 Å². The van der Waals surface area contributed by atoms with Gasteiger partial charge in [-0.2, -0.15) is 0 Å². The summed E-state index contributed by atoms with van der Waals surface area (Å²) in [5.74, 6) is 1.03. The zero-order valence-electron chi connectivity index (χ0n) is 15.7. The number of nitrogens with one attached hydrogen (secondary N) is 1. The van der Waals surface area contributed by atoms with Crippen LogP contribution >= 0.6 is 0 Å². The Bertz CT molecular complexity index is 1280. The minimum Gasteiger partial charge on any atom is -0.497 e. The summed E-state index contributed by atoms with van der Waals surface area (Å²) in [7, 11) is 4.62. The Morgan fingerprint density at radius 3 is 2.43 bits per heavy atom. The fourth-order valence-electron chi connectivity index (χ4n) is 3.21. The lowest BCUT2D eigenvalue weighted by Gasteiger charge is -2.08. The van der Waals surface area contributed by atoms with Crippen molar-refractivity contribution in [2.75, 3.05) is 12.4 Å². The van der Waals surface area contributed by atoms with Crippen LogP contribution in [0.2, 0.25) is 0 Å². The molecule has 0 atom stereocenters. The Hall–Kier alpha value is -3.74. The topological polar surface area (TPSA) is 78.4 Å². The van der Waals surface area contributed by atoms with Crippen molar-refractivity contribution in [1.29, 1.82) is 0 Å². The summed E-state index contributed by atoms with van der Waals surface area (Å²) >= 11 is 0. The summed E-state index contributed by atoms with van der Waals surface area (Å²) in [5, 5.41) is 3.55. The Morgan fingerprint density at radius 2 is 1.71 bits per heavy atom. The molecule has 2 aromatic carbocycles. The van der Waals surface area contributed by atoms with Gasteiger partial charge in [-0.05, 0) is 29.8 Å². The molecule has 0 unspecified atom stereocenters. The van der Waals surface area contributed by atoms with Crippen LogP contribution in [0.4, 0.5) is 11.6 Å². The molecule has 0 aliphatic rings. The Morgan fingerprint density at radius 1 is 0.964 bits per heavy atom. The van der Waals surface area contributed by atoms with E-state index in [4.69, 9.17) is 9.15 Å². The molecule has 4 aromatic rings. The number of benzene rings is 2. The maximum atomic E-state index is 12.9. The zero-order chi connectivity index (χ0) is 19.8. The molecule has 142 valence electrons. The number of rotatable bonds is 4. The fourth-order valence-corrected chi connectivity index (χ4v) is 3.21. The normalized spacial score (nSPS) is 11.0. The van der Waals surface area contributed by atoms with Gasteiger partial charge in [0.15, 0.2) is 0 Å². The molecule has 0 fully saturated rings. The van der Waals surface area contributed by atoms with Gasteiger partial charge in [0, 0.05) is 19.8 Å². The van der Waals surface area contributed by atoms with Crippen molar-refractivity contribution in [1.82, 2.24) is 9.13 Å². The van der Waals surface area contributed by atoms with Crippen molar-refractivity contribution >= 4 is 22.7 Å². The van der Waals surface area contributed by atoms with E-state index < -0.39 is 11.2 Å². The van der Waals surface area contributed by atoms with Crippen molar-refractivity contribution in [3.05, 3.63) is 75.4 Å². The molecule has 2 aromatic heterocycles. The highest BCUT2D eigenvalue weighted by molar-refractivity contribution is 5.99. The molecular weight excluding hydrogens is 358 g/mol. The van der Waals surface area contributed by atoms with E-state index >= 15 is 0 Å². The monoisotopic (exact) mass is 377 g/mol. The predicted octanol–water partition coefficient (Wildman–Crippen LogP) is 3.25. The maximum Gasteiger partial charge on any atom is 0.333 e. The van der Waals surface area contributed by atoms with Gasteiger partial charge in [0.1, 0.15) is 11.1 Å². The number of para-hydroxylation sites is 1. The van der Waals surface area contributed by atoms with Crippen LogP contribution in [0.3, 0.4) is 0 Å². The summed E-state index contributed by atoms with van der Waals surface area (Å²) in [5.41, 5.74) is 1.47. The third-order valence-corrected chi connectivity index (χ3v) is 4.68. The first kappa shape index (κ1) is 17.7. The summed E-state index contributed by atoms with van der Waals surface area (Å²) in [4.78, 5) is 25.3. The van der Waals surface area contributed by atoms with Gasteiger partial charge in [0.2, 0.25) is 11.6 Å². The van der Waals surface area contributed by atoms with Crippen molar-refractivity contribution < 1.29 is 9.15 Å². The van der Waals surface area contributed by atoms with Gasteiger partial charge in [-0.1, -0.05) is 30.3 Å². The van der Waals surface area contributed by atoms with Crippen molar-refractivity contribution in [3.63, 3.8) is 0 Å². The van der Waals surface area contributed by atoms with Crippen LogP contribution in [0.15, 0.2) is 68.6 Å². The molecular formula is C21H19N3O4. The average molecular weight is 377 g/mol. The number of furan rings is 1. The summed E-state index contributed by atoms with van der Waals surface area (Å²) in [6.07, 6.45) is 0. The van der Waals surface area contributed by atoms with Gasteiger partial charge in [-0.25, -0.2) is 4.79 Å². The van der Waals surface area contributed by atoms with Gasteiger partial charge < -0.3 is 14.5 Å². The molecule has 1 N–H and O–H groups in total. The SMILES string of the molecule is COc1cccc(-c2c(Nc3ccccc3)oc3c2c(=O)n(C)c(=O)n3C)c1. The minimum absolute atomic E-state index is 0.212. The largest absolute Gasteiger partial charge is 0.497 e. The lowest BCUT2D eigenvalue weighted by atomic mass is 10.0. The third-order valence-electron chi connectivity index (χ3n) is 4.68. The highest BCUT2D eigenvalue weighted by atomic mass is 16.5. The molecule has 0 amide bonds. The van der Waals surface area contributed by atoms with Crippen LogP contribution in [-0.2, 0) is 14.1 Å². The van der Waals surface area contributed by atoms with E-state index in [1.807, 2.05) is 54.6 Å². The molecule has 0 aliphatic carbocycles. The van der Waals surface area contributed by atoms with Crippen LogP contribution < -0.4 is 21.3 Å². The zero-order valence-corrected chi connectivity index (χ0v) is 15.7. The second-order valence-electron chi connectivity index (χ2n) is 6.42. The molecule has 0 spiro atoms. The van der Waals surface area contributed by atoms with E-state index in [2.05, 4.69) is 5.32 Å². The first-order valence-electron chi connectivity index (χ1n) is 8.70. The predicted molar refractivity (Wildman–Crippen MR) is 108 cm³/mol. The Labute approximate surface area is 160 Å². The molecule has 7 nitrogen and oxygen atoms in total.